The number of nitrogens with two attached hydrogens (primary N) is 1. The Bertz CT molecular complexity index is 781. The highest BCUT2D eigenvalue weighted by molar-refractivity contribution is 7.91. The number of hydrogen-bond donors (Lipinski definition) is 3. The first-order valence-corrected chi connectivity index (χ1v) is 9.40. The molecule has 0 bridgehead atoms. The molecule has 0 aliphatic carbocycles. The number of primary sulfonamides is 1. The van der Waals surface area contributed by atoms with E-state index in [9.17, 15) is 13.5 Å². The van der Waals surface area contributed by atoms with Crippen molar-refractivity contribution in [2.45, 2.75) is 36.8 Å². The average Bonchev–Trinajstić information content (AvgIpc) is 2.85. The Morgan fingerprint density at radius 1 is 1.43 bits per heavy atom. The standard InChI is InChI=1S/C14H21N3O4S2/c1-14(2,3)16-7-9(18)8-21-10-4-5-11-12(6-10)22-13(17-11)23(15,19)20/h4-6,9,16,18H,7-8H2,1-3H3,(H2,15,19,20). The van der Waals surface area contributed by atoms with Gasteiger partial charge in [0.15, 0.2) is 0 Å². The van der Waals surface area contributed by atoms with Crippen molar-refractivity contribution in [3.05, 3.63) is 18.2 Å². The second-order valence-corrected chi connectivity index (χ2v) is 9.02. The smallest absolute Gasteiger partial charge is 0.265 e. The van der Waals surface area contributed by atoms with E-state index in [4.69, 9.17) is 9.88 Å². The fraction of sp³-hybridized carbons (Fsp3) is 0.500. The van der Waals surface area contributed by atoms with Gasteiger partial charge in [-0.3, -0.25) is 0 Å². The molecule has 2 aromatic rings. The number of benzene rings is 1. The van der Waals surface area contributed by atoms with Crippen LogP contribution in [0.15, 0.2) is 22.5 Å². The number of ether oxygens (including phenoxy) is 1. The zero-order chi connectivity index (χ0) is 17.3. The van der Waals surface area contributed by atoms with E-state index in [1.54, 1.807) is 18.2 Å². The Hall–Kier alpha value is -1.26. The van der Waals surface area contributed by atoms with E-state index in [2.05, 4.69) is 10.3 Å². The van der Waals surface area contributed by atoms with Gasteiger partial charge in [-0.15, -0.1) is 11.3 Å². The van der Waals surface area contributed by atoms with Crippen molar-refractivity contribution < 1.29 is 18.3 Å². The van der Waals surface area contributed by atoms with Crippen molar-refractivity contribution >= 4 is 31.6 Å². The molecule has 0 saturated heterocycles. The first-order chi connectivity index (χ1) is 10.5. The molecular formula is C14H21N3O4S2. The summed E-state index contributed by atoms with van der Waals surface area (Å²) in [6.45, 7) is 6.60. The average molecular weight is 359 g/mol. The van der Waals surface area contributed by atoms with Gasteiger partial charge in [0, 0.05) is 12.1 Å². The third-order valence-electron chi connectivity index (χ3n) is 2.89. The first-order valence-electron chi connectivity index (χ1n) is 7.04. The van der Waals surface area contributed by atoms with Crippen molar-refractivity contribution in [1.29, 1.82) is 0 Å². The molecule has 0 amide bonds. The number of nitrogens with zero attached hydrogens (tertiary/aromatic N) is 1. The van der Waals surface area contributed by atoms with Crippen LogP contribution >= 0.6 is 11.3 Å². The lowest BCUT2D eigenvalue weighted by atomic mass is 10.1. The van der Waals surface area contributed by atoms with Gasteiger partial charge in [-0.2, -0.15) is 0 Å². The molecule has 9 heteroatoms. The topological polar surface area (TPSA) is 115 Å². The number of nitrogens with one attached hydrogen (secondary N) is 1. The summed E-state index contributed by atoms with van der Waals surface area (Å²) in [5, 5.41) is 18.2. The van der Waals surface area contributed by atoms with E-state index in [1.807, 2.05) is 20.8 Å². The number of aliphatic hydroxyl groups is 1. The Morgan fingerprint density at radius 2 is 2.13 bits per heavy atom. The summed E-state index contributed by atoms with van der Waals surface area (Å²) >= 11 is 0.987. The Kier molecular flexibility index (Phi) is 5.27. The number of aliphatic hydroxyl groups excluding tert-OH is 1. The third-order valence-corrected chi connectivity index (χ3v) is 5.23. The number of β-amino-alcohol motifs (C(OH)–C–C–N with tert-alkyl or cyclic N) is 1. The number of hydrogen-bond acceptors (Lipinski definition) is 7. The van der Waals surface area contributed by atoms with Gasteiger partial charge in [0.05, 0.1) is 10.2 Å². The minimum absolute atomic E-state index is 0.0767. The van der Waals surface area contributed by atoms with E-state index in [0.717, 1.165) is 11.3 Å². The van der Waals surface area contributed by atoms with Gasteiger partial charge in [-0.1, -0.05) is 0 Å². The molecule has 0 aliphatic rings. The van der Waals surface area contributed by atoms with Crippen molar-refractivity contribution in [3.63, 3.8) is 0 Å². The van der Waals surface area contributed by atoms with Crippen molar-refractivity contribution in [1.82, 2.24) is 10.3 Å². The van der Waals surface area contributed by atoms with Crippen LogP contribution in [0.2, 0.25) is 0 Å². The van der Waals surface area contributed by atoms with Crippen LogP contribution in [0.5, 0.6) is 5.75 Å². The van der Waals surface area contributed by atoms with Crippen LogP contribution in [0.4, 0.5) is 0 Å². The second kappa shape index (κ2) is 6.70. The number of aromatic nitrogens is 1. The molecule has 0 saturated carbocycles. The van der Waals surface area contributed by atoms with Crippen LogP contribution in [0.3, 0.4) is 0 Å². The Labute approximate surface area is 139 Å². The van der Waals surface area contributed by atoms with Crippen LogP contribution in [0.25, 0.3) is 10.2 Å². The summed E-state index contributed by atoms with van der Waals surface area (Å²) in [7, 11) is -3.81. The highest BCUT2D eigenvalue weighted by Gasteiger charge is 2.16. The third kappa shape index (κ3) is 5.40. The lowest BCUT2D eigenvalue weighted by Gasteiger charge is -2.22. The molecule has 128 valence electrons. The maximum absolute atomic E-state index is 11.3. The minimum Gasteiger partial charge on any atom is -0.491 e. The molecule has 0 radical (unpaired) electrons. The largest absolute Gasteiger partial charge is 0.491 e. The predicted octanol–water partition coefficient (Wildman–Crippen LogP) is 1.07. The highest BCUT2D eigenvalue weighted by Crippen LogP contribution is 2.28. The van der Waals surface area contributed by atoms with Gasteiger partial charge in [0.25, 0.3) is 10.0 Å². The molecule has 1 heterocycles. The van der Waals surface area contributed by atoms with Gasteiger partial charge in [-0.25, -0.2) is 18.5 Å². The molecule has 4 N–H and O–H groups in total. The number of rotatable bonds is 6. The molecule has 0 aliphatic heterocycles. The maximum Gasteiger partial charge on any atom is 0.265 e. The van der Waals surface area contributed by atoms with Crippen LogP contribution < -0.4 is 15.2 Å². The molecule has 7 nitrogen and oxygen atoms in total. The zero-order valence-corrected chi connectivity index (χ0v) is 14.9. The molecule has 1 unspecified atom stereocenters. The molecule has 2 rings (SSSR count). The fourth-order valence-electron chi connectivity index (χ4n) is 1.77. The molecule has 1 aromatic carbocycles. The monoisotopic (exact) mass is 359 g/mol. The number of fused-ring (bicyclic) bond motifs is 1. The van der Waals surface area contributed by atoms with Gasteiger partial charge in [0.1, 0.15) is 18.5 Å². The summed E-state index contributed by atoms with van der Waals surface area (Å²) < 4.78 is 28.7. The van der Waals surface area contributed by atoms with Gasteiger partial charge < -0.3 is 15.2 Å². The van der Waals surface area contributed by atoms with Crippen LogP contribution in [0, 0.1) is 0 Å². The highest BCUT2D eigenvalue weighted by atomic mass is 32.2. The quantitative estimate of drug-likeness (QED) is 0.711. The van der Waals surface area contributed by atoms with Crippen LogP contribution in [-0.2, 0) is 10.0 Å². The van der Waals surface area contributed by atoms with Crippen molar-refractivity contribution in [2.24, 2.45) is 5.14 Å². The van der Waals surface area contributed by atoms with E-state index in [0.29, 0.717) is 22.5 Å². The maximum atomic E-state index is 11.3. The molecule has 23 heavy (non-hydrogen) atoms. The zero-order valence-electron chi connectivity index (χ0n) is 13.2. The first kappa shape index (κ1) is 18.1. The Balaban J connectivity index is 2.01. The fourth-order valence-corrected chi connectivity index (χ4v) is 3.46. The molecule has 1 aromatic heterocycles. The van der Waals surface area contributed by atoms with Crippen molar-refractivity contribution in [3.8, 4) is 5.75 Å². The van der Waals surface area contributed by atoms with E-state index in [1.165, 1.54) is 0 Å². The normalized spacial score (nSPS) is 14.1. The summed E-state index contributed by atoms with van der Waals surface area (Å²) in [5.74, 6) is 0.539. The summed E-state index contributed by atoms with van der Waals surface area (Å²) in [4.78, 5) is 3.97. The molecular weight excluding hydrogens is 338 g/mol. The Morgan fingerprint density at radius 3 is 2.74 bits per heavy atom. The lowest BCUT2D eigenvalue weighted by molar-refractivity contribution is 0.100. The van der Waals surface area contributed by atoms with E-state index < -0.39 is 16.1 Å². The summed E-state index contributed by atoms with van der Waals surface area (Å²) in [5.41, 5.74) is 0.466. The van der Waals surface area contributed by atoms with Crippen molar-refractivity contribution in [2.75, 3.05) is 13.2 Å². The van der Waals surface area contributed by atoms with E-state index in [-0.39, 0.29) is 16.5 Å². The molecule has 1 atom stereocenters. The van der Waals surface area contributed by atoms with Gasteiger partial charge in [0.2, 0.25) is 4.34 Å². The lowest BCUT2D eigenvalue weighted by Crippen LogP contribution is -2.42. The second-order valence-electron chi connectivity index (χ2n) is 6.25. The van der Waals surface area contributed by atoms with Gasteiger partial charge >= 0.3 is 0 Å². The van der Waals surface area contributed by atoms with Crippen LogP contribution in [-0.4, -0.2) is 43.3 Å². The summed E-state index contributed by atoms with van der Waals surface area (Å²) in [6.07, 6.45) is -0.647. The molecule has 0 fully saturated rings. The summed E-state index contributed by atoms with van der Waals surface area (Å²) in [6, 6.07) is 5.03. The number of sulfonamides is 1. The minimum atomic E-state index is -3.81. The number of thiazole rings is 1. The molecule has 0 spiro atoms. The SMILES string of the molecule is CC(C)(C)NCC(O)COc1ccc2nc(S(N)(=O)=O)sc2c1. The van der Waals surface area contributed by atoms with Gasteiger partial charge in [-0.05, 0) is 39.0 Å². The van der Waals surface area contributed by atoms with Crippen LogP contribution in [0.1, 0.15) is 20.8 Å². The predicted molar refractivity (Wildman–Crippen MR) is 90.3 cm³/mol. The van der Waals surface area contributed by atoms with E-state index >= 15 is 0 Å².